The maximum absolute atomic E-state index is 11.0. The Morgan fingerprint density at radius 3 is 2.85 bits per heavy atom. The Morgan fingerprint density at radius 1 is 1.30 bits per heavy atom. The highest BCUT2D eigenvalue weighted by molar-refractivity contribution is 5.88. The number of aromatic carboxylic acids is 1. The first-order valence-corrected chi connectivity index (χ1v) is 6.06. The van der Waals surface area contributed by atoms with Crippen molar-refractivity contribution in [3.8, 4) is 5.75 Å². The summed E-state index contributed by atoms with van der Waals surface area (Å²) in [7, 11) is 0. The Balaban J connectivity index is 2.15. The Kier molecular flexibility index (Phi) is 4.62. The van der Waals surface area contributed by atoms with Crippen LogP contribution in [0.2, 0.25) is 0 Å². The summed E-state index contributed by atoms with van der Waals surface area (Å²) >= 11 is 0. The number of benzene rings is 1. The van der Waals surface area contributed by atoms with E-state index in [2.05, 4.69) is 9.97 Å². The molecule has 0 amide bonds. The molecule has 2 N–H and O–H groups in total. The molecule has 1 aromatic heterocycles. The zero-order valence-corrected chi connectivity index (χ0v) is 10.7. The van der Waals surface area contributed by atoms with E-state index in [1.807, 2.05) is 18.2 Å². The molecule has 6 heteroatoms. The lowest BCUT2D eigenvalue weighted by Crippen LogP contribution is -2.09. The molecule has 2 aromatic rings. The molecule has 0 saturated carbocycles. The monoisotopic (exact) mass is 274 g/mol. The Morgan fingerprint density at radius 2 is 2.10 bits per heavy atom. The summed E-state index contributed by atoms with van der Waals surface area (Å²) in [4.78, 5) is 18.6. The van der Waals surface area contributed by atoms with E-state index in [-0.39, 0.29) is 18.8 Å². The molecule has 0 atom stereocenters. The van der Waals surface area contributed by atoms with E-state index in [1.54, 1.807) is 6.07 Å². The average molecular weight is 274 g/mol. The van der Waals surface area contributed by atoms with E-state index in [4.69, 9.17) is 14.9 Å². The predicted molar refractivity (Wildman–Crippen MR) is 70.6 cm³/mol. The molecule has 20 heavy (non-hydrogen) atoms. The molecule has 0 aliphatic carbocycles. The summed E-state index contributed by atoms with van der Waals surface area (Å²) in [5.74, 6) is -0.482. The number of rotatable bonds is 6. The minimum absolute atomic E-state index is 0.0205. The third-order valence-electron chi connectivity index (χ3n) is 2.74. The molecule has 0 unspecified atom stereocenters. The number of carbonyl (C=O) groups is 1. The minimum atomic E-state index is -1.09. The smallest absolute Gasteiger partial charge is 0.339 e. The van der Waals surface area contributed by atoms with E-state index in [1.165, 1.54) is 12.5 Å². The summed E-state index contributed by atoms with van der Waals surface area (Å²) in [5.41, 5.74) is 1.19. The lowest BCUT2D eigenvalue weighted by molar-refractivity contribution is 0.0692. The van der Waals surface area contributed by atoms with Gasteiger partial charge in [-0.25, -0.2) is 14.8 Å². The zero-order valence-electron chi connectivity index (χ0n) is 10.7. The van der Waals surface area contributed by atoms with Crippen LogP contribution in [0.15, 0.2) is 36.8 Å². The summed E-state index contributed by atoms with van der Waals surface area (Å²) < 4.78 is 5.60. The van der Waals surface area contributed by atoms with Crippen molar-refractivity contribution in [1.82, 2.24) is 9.97 Å². The Hall–Kier alpha value is -2.47. The third kappa shape index (κ3) is 3.30. The van der Waals surface area contributed by atoms with Crippen LogP contribution in [0.1, 0.15) is 21.6 Å². The first-order valence-electron chi connectivity index (χ1n) is 6.06. The van der Waals surface area contributed by atoms with Gasteiger partial charge < -0.3 is 14.9 Å². The Bertz CT molecular complexity index is 601. The van der Waals surface area contributed by atoms with Gasteiger partial charge in [0.25, 0.3) is 0 Å². The van der Waals surface area contributed by atoms with Crippen molar-refractivity contribution in [3.63, 3.8) is 0 Å². The number of para-hydroxylation sites is 1. The molecule has 2 rings (SSSR count). The van der Waals surface area contributed by atoms with Crippen LogP contribution in [0.25, 0.3) is 0 Å². The van der Waals surface area contributed by atoms with Crippen LogP contribution in [0.4, 0.5) is 0 Å². The molecule has 0 saturated heterocycles. The molecule has 0 aliphatic rings. The molecule has 1 heterocycles. The van der Waals surface area contributed by atoms with Crippen LogP contribution < -0.4 is 4.74 Å². The van der Waals surface area contributed by atoms with Gasteiger partial charge in [-0.2, -0.15) is 0 Å². The molecule has 0 bridgehead atoms. The average Bonchev–Trinajstić information content (AvgIpc) is 2.47. The summed E-state index contributed by atoms with van der Waals surface area (Å²) in [6.45, 7) is 0.0564. The van der Waals surface area contributed by atoms with Gasteiger partial charge in [-0.15, -0.1) is 0 Å². The van der Waals surface area contributed by atoms with E-state index in [9.17, 15) is 4.79 Å². The molecule has 1 aromatic carbocycles. The van der Waals surface area contributed by atoms with Crippen molar-refractivity contribution >= 4 is 5.97 Å². The zero-order chi connectivity index (χ0) is 14.4. The molecular weight excluding hydrogens is 260 g/mol. The second kappa shape index (κ2) is 6.63. The molecular formula is C14H14N2O4. The van der Waals surface area contributed by atoms with Gasteiger partial charge >= 0.3 is 5.97 Å². The molecule has 0 fully saturated rings. The topological polar surface area (TPSA) is 92.5 Å². The Labute approximate surface area is 115 Å². The summed E-state index contributed by atoms with van der Waals surface area (Å²) in [6.07, 6.45) is 3.00. The van der Waals surface area contributed by atoms with Gasteiger partial charge in [-0.3, -0.25) is 0 Å². The summed E-state index contributed by atoms with van der Waals surface area (Å²) in [6, 6.07) is 7.29. The quantitative estimate of drug-likeness (QED) is 0.824. The molecule has 6 nitrogen and oxygen atoms in total. The van der Waals surface area contributed by atoms with Crippen LogP contribution in [0, 0.1) is 0 Å². The molecule has 0 aliphatic heterocycles. The fourth-order valence-electron chi connectivity index (χ4n) is 1.77. The highest BCUT2D eigenvalue weighted by Crippen LogP contribution is 2.20. The van der Waals surface area contributed by atoms with Crippen molar-refractivity contribution < 1.29 is 19.7 Å². The predicted octanol–water partition coefficient (Wildman–Crippen LogP) is 1.29. The van der Waals surface area contributed by atoms with Crippen LogP contribution >= 0.6 is 0 Å². The number of nitrogens with zero attached hydrogens (tertiary/aromatic N) is 2. The number of hydrogen-bond donors (Lipinski definition) is 2. The number of aromatic nitrogens is 2. The second-order valence-corrected chi connectivity index (χ2v) is 4.06. The van der Waals surface area contributed by atoms with Crippen molar-refractivity contribution in [3.05, 3.63) is 53.6 Å². The number of hydrogen-bond acceptors (Lipinski definition) is 5. The molecule has 0 spiro atoms. The standard InChI is InChI=1S/C14H14N2O4/c17-6-5-10-3-1-2-4-13(10)20-8-12-11(14(18)19)7-15-9-16-12/h1-4,7,9,17H,5-6,8H2,(H,18,19). The van der Waals surface area contributed by atoms with Crippen LogP contribution in [-0.4, -0.2) is 32.8 Å². The first kappa shape index (κ1) is 14.0. The largest absolute Gasteiger partial charge is 0.487 e. The van der Waals surface area contributed by atoms with Gasteiger partial charge in [0, 0.05) is 12.8 Å². The van der Waals surface area contributed by atoms with Gasteiger partial charge in [0.2, 0.25) is 0 Å². The fraction of sp³-hybridized carbons (Fsp3) is 0.214. The lowest BCUT2D eigenvalue weighted by Gasteiger charge is -2.11. The number of carboxylic acid groups (broad SMARTS) is 1. The highest BCUT2D eigenvalue weighted by atomic mass is 16.5. The first-order chi connectivity index (χ1) is 9.72. The van der Waals surface area contributed by atoms with Crippen LogP contribution in [-0.2, 0) is 13.0 Å². The van der Waals surface area contributed by atoms with Gasteiger partial charge in [0.05, 0.1) is 5.69 Å². The maximum Gasteiger partial charge on any atom is 0.339 e. The minimum Gasteiger partial charge on any atom is -0.487 e. The lowest BCUT2D eigenvalue weighted by atomic mass is 10.1. The normalized spacial score (nSPS) is 10.2. The molecule has 0 radical (unpaired) electrons. The number of aliphatic hydroxyl groups excluding tert-OH is 1. The highest BCUT2D eigenvalue weighted by Gasteiger charge is 2.12. The summed E-state index contributed by atoms with van der Waals surface area (Å²) in [5, 5.41) is 18.0. The van der Waals surface area contributed by atoms with Crippen molar-refractivity contribution in [2.75, 3.05) is 6.61 Å². The third-order valence-corrected chi connectivity index (χ3v) is 2.74. The number of carboxylic acids is 1. The van der Waals surface area contributed by atoms with Gasteiger partial charge in [0.1, 0.15) is 24.2 Å². The van der Waals surface area contributed by atoms with Gasteiger partial charge in [-0.05, 0) is 18.1 Å². The van der Waals surface area contributed by atoms with E-state index >= 15 is 0 Å². The van der Waals surface area contributed by atoms with E-state index in [0.717, 1.165) is 5.56 Å². The number of aliphatic hydroxyl groups is 1. The van der Waals surface area contributed by atoms with Gasteiger partial charge in [-0.1, -0.05) is 18.2 Å². The SMILES string of the molecule is O=C(O)c1cncnc1COc1ccccc1CCO. The fourth-order valence-corrected chi connectivity index (χ4v) is 1.77. The molecule has 104 valence electrons. The van der Waals surface area contributed by atoms with Crippen molar-refractivity contribution in [1.29, 1.82) is 0 Å². The van der Waals surface area contributed by atoms with Crippen molar-refractivity contribution in [2.24, 2.45) is 0 Å². The van der Waals surface area contributed by atoms with Gasteiger partial charge in [0.15, 0.2) is 0 Å². The van der Waals surface area contributed by atoms with E-state index in [0.29, 0.717) is 17.9 Å². The number of ether oxygens (including phenoxy) is 1. The van der Waals surface area contributed by atoms with Crippen molar-refractivity contribution in [2.45, 2.75) is 13.0 Å². The van der Waals surface area contributed by atoms with Crippen LogP contribution in [0.5, 0.6) is 5.75 Å². The van der Waals surface area contributed by atoms with E-state index < -0.39 is 5.97 Å². The second-order valence-electron chi connectivity index (χ2n) is 4.06. The van der Waals surface area contributed by atoms with Crippen LogP contribution in [0.3, 0.4) is 0 Å². The maximum atomic E-state index is 11.0.